The van der Waals surface area contributed by atoms with Crippen molar-refractivity contribution < 1.29 is 4.79 Å². The molecule has 4 nitrogen and oxygen atoms in total. The molecule has 0 bridgehead atoms. The lowest BCUT2D eigenvalue weighted by Crippen LogP contribution is -2.42. The molecule has 2 N–H and O–H groups in total. The van der Waals surface area contributed by atoms with E-state index < -0.39 is 0 Å². The summed E-state index contributed by atoms with van der Waals surface area (Å²) in [6.45, 7) is 8.68. The summed E-state index contributed by atoms with van der Waals surface area (Å²) in [6, 6.07) is 10.8. The van der Waals surface area contributed by atoms with Crippen molar-refractivity contribution in [2.24, 2.45) is 5.92 Å². The number of rotatable bonds is 7. The van der Waals surface area contributed by atoms with E-state index in [1.807, 2.05) is 13.0 Å². The molecule has 1 aliphatic rings. The van der Waals surface area contributed by atoms with Gasteiger partial charge in [0.1, 0.15) is 0 Å². The van der Waals surface area contributed by atoms with Crippen molar-refractivity contribution in [2.45, 2.75) is 32.9 Å². The van der Waals surface area contributed by atoms with Gasteiger partial charge >= 0.3 is 0 Å². The van der Waals surface area contributed by atoms with Gasteiger partial charge < -0.3 is 10.6 Å². The Morgan fingerprint density at radius 1 is 1.38 bits per heavy atom. The standard InChI is InChI=1S/C17H27N3O/c1-3-18-11-14(2)17(21)19-16-9-10-20(13-16)12-15-7-5-4-6-8-15/h4-8,14,16,18H,3,9-13H2,1-2H3,(H,19,21). The quantitative estimate of drug-likeness (QED) is 0.802. The zero-order valence-electron chi connectivity index (χ0n) is 13.1. The van der Waals surface area contributed by atoms with Crippen LogP contribution in [0.3, 0.4) is 0 Å². The molecule has 4 heteroatoms. The molecule has 1 saturated heterocycles. The van der Waals surface area contributed by atoms with Gasteiger partial charge in [-0.05, 0) is 18.5 Å². The Balaban J connectivity index is 1.73. The summed E-state index contributed by atoms with van der Waals surface area (Å²) in [7, 11) is 0. The minimum atomic E-state index is 0.0353. The lowest BCUT2D eigenvalue weighted by molar-refractivity contribution is -0.125. The molecule has 0 aromatic heterocycles. The third-order valence-electron chi connectivity index (χ3n) is 4.02. The van der Waals surface area contributed by atoms with Crippen molar-refractivity contribution in [1.29, 1.82) is 0 Å². The van der Waals surface area contributed by atoms with Crippen molar-refractivity contribution in [3.05, 3.63) is 35.9 Å². The monoisotopic (exact) mass is 289 g/mol. The molecule has 1 fully saturated rings. The van der Waals surface area contributed by atoms with Crippen molar-refractivity contribution >= 4 is 5.91 Å². The van der Waals surface area contributed by atoms with Crippen LogP contribution in [0.1, 0.15) is 25.8 Å². The summed E-state index contributed by atoms with van der Waals surface area (Å²) in [5, 5.41) is 6.41. The Morgan fingerprint density at radius 3 is 2.86 bits per heavy atom. The Kier molecular flexibility index (Phi) is 6.21. The number of amides is 1. The zero-order chi connectivity index (χ0) is 15.1. The molecular formula is C17H27N3O. The summed E-state index contributed by atoms with van der Waals surface area (Å²) in [5.41, 5.74) is 1.34. The number of carbonyl (C=O) groups excluding carboxylic acids is 1. The number of carbonyl (C=O) groups is 1. The molecule has 2 atom stereocenters. The lowest BCUT2D eigenvalue weighted by atomic mass is 10.1. The second kappa shape index (κ2) is 8.15. The fraction of sp³-hybridized carbons (Fsp3) is 0.588. The van der Waals surface area contributed by atoms with E-state index in [0.29, 0.717) is 6.04 Å². The van der Waals surface area contributed by atoms with Crippen LogP contribution in [-0.4, -0.2) is 43.0 Å². The van der Waals surface area contributed by atoms with Gasteiger partial charge in [-0.3, -0.25) is 9.69 Å². The van der Waals surface area contributed by atoms with Crippen LogP contribution in [0.25, 0.3) is 0 Å². The van der Waals surface area contributed by atoms with Gasteiger partial charge in [-0.25, -0.2) is 0 Å². The van der Waals surface area contributed by atoms with Crippen LogP contribution >= 0.6 is 0 Å². The van der Waals surface area contributed by atoms with Gasteiger partial charge in [0.15, 0.2) is 0 Å². The first-order chi connectivity index (χ1) is 10.2. The smallest absolute Gasteiger partial charge is 0.224 e. The van der Waals surface area contributed by atoms with Gasteiger partial charge in [0.05, 0.1) is 0 Å². The average Bonchev–Trinajstić information content (AvgIpc) is 2.92. The summed E-state index contributed by atoms with van der Waals surface area (Å²) >= 11 is 0. The van der Waals surface area contributed by atoms with Crippen LogP contribution < -0.4 is 10.6 Å². The van der Waals surface area contributed by atoms with Crippen LogP contribution in [0, 0.1) is 5.92 Å². The summed E-state index contributed by atoms with van der Waals surface area (Å²) in [4.78, 5) is 14.5. The number of hydrogen-bond donors (Lipinski definition) is 2. The van der Waals surface area contributed by atoms with E-state index in [-0.39, 0.29) is 11.8 Å². The predicted molar refractivity (Wildman–Crippen MR) is 86.0 cm³/mol. The fourth-order valence-electron chi connectivity index (χ4n) is 2.73. The molecule has 0 saturated carbocycles. The molecule has 2 rings (SSSR count). The topological polar surface area (TPSA) is 44.4 Å². The van der Waals surface area contributed by atoms with Crippen LogP contribution in [0.4, 0.5) is 0 Å². The molecule has 1 heterocycles. The van der Waals surface area contributed by atoms with Crippen LogP contribution in [0.15, 0.2) is 30.3 Å². The minimum absolute atomic E-state index is 0.0353. The van der Waals surface area contributed by atoms with Gasteiger partial charge in [0, 0.05) is 38.1 Å². The molecule has 116 valence electrons. The van der Waals surface area contributed by atoms with E-state index in [4.69, 9.17) is 0 Å². The maximum absolute atomic E-state index is 12.1. The summed E-state index contributed by atoms with van der Waals surface area (Å²) in [6.07, 6.45) is 1.05. The number of hydrogen-bond acceptors (Lipinski definition) is 3. The fourth-order valence-corrected chi connectivity index (χ4v) is 2.73. The van der Waals surface area contributed by atoms with E-state index in [2.05, 4.69) is 46.7 Å². The molecule has 1 aromatic rings. The maximum Gasteiger partial charge on any atom is 0.224 e. The zero-order valence-corrected chi connectivity index (χ0v) is 13.1. The van der Waals surface area contributed by atoms with E-state index >= 15 is 0 Å². The van der Waals surface area contributed by atoms with Gasteiger partial charge in [-0.15, -0.1) is 0 Å². The molecule has 1 aliphatic heterocycles. The van der Waals surface area contributed by atoms with E-state index in [0.717, 1.165) is 39.1 Å². The molecular weight excluding hydrogens is 262 g/mol. The maximum atomic E-state index is 12.1. The van der Waals surface area contributed by atoms with Crippen molar-refractivity contribution in [3.8, 4) is 0 Å². The Labute approximate surface area is 127 Å². The second-order valence-corrected chi connectivity index (χ2v) is 5.92. The Hall–Kier alpha value is -1.39. The number of likely N-dealkylation sites (tertiary alicyclic amines) is 1. The Morgan fingerprint density at radius 2 is 2.14 bits per heavy atom. The first-order valence-corrected chi connectivity index (χ1v) is 7.96. The van der Waals surface area contributed by atoms with Gasteiger partial charge in [-0.2, -0.15) is 0 Å². The van der Waals surface area contributed by atoms with Crippen molar-refractivity contribution in [1.82, 2.24) is 15.5 Å². The minimum Gasteiger partial charge on any atom is -0.352 e. The van der Waals surface area contributed by atoms with E-state index in [9.17, 15) is 4.79 Å². The van der Waals surface area contributed by atoms with Crippen LogP contribution in [0.5, 0.6) is 0 Å². The first-order valence-electron chi connectivity index (χ1n) is 7.96. The number of benzene rings is 1. The average molecular weight is 289 g/mol. The lowest BCUT2D eigenvalue weighted by Gasteiger charge is -2.19. The Bertz CT molecular complexity index is 435. The van der Waals surface area contributed by atoms with Gasteiger partial charge in [0.25, 0.3) is 0 Å². The van der Waals surface area contributed by atoms with Crippen molar-refractivity contribution in [2.75, 3.05) is 26.2 Å². The molecule has 1 amide bonds. The third-order valence-corrected chi connectivity index (χ3v) is 4.02. The van der Waals surface area contributed by atoms with Crippen LogP contribution in [-0.2, 0) is 11.3 Å². The molecule has 0 radical (unpaired) electrons. The predicted octanol–water partition coefficient (Wildman–Crippen LogP) is 1.62. The van der Waals surface area contributed by atoms with Gasteiger partial charge in [0.2, 0.25) is 5.91 Å². The molecule has 2 unspecified atom stereocenters. The SMILES string of the molecule is CCNCC(C)C(=O)NC1CCN(Cc2ccccc2)C1. The third kappa shape index (κ3) is 5.14. The number of nitrogens with one attached hydrogen (secondary N) is 2. The van der Waals surface area contributed by atoms with Crippen LogP contribution in [0.2, 0.25) is 0 Å². The second-order valence-electron chi connectivity index (χ2n) is 5.92. The summed E-state index contributed by atoms with van der Waals surface area (Å²) < 4.78 is 0. The van der Waals surface area contributed by atoms with Gasteiger partial charge in [-0.1, -0.05) is 44.2 Å². The van der Waals surface area contributed by atoms with E-state index in [1.165, 1.54) is 5.56 Å². The highest BCUT2D eigenvalue weighted by atomic mass is 16.2. The summed E-state index contributed by atoms with van der Waals surface area (Å²) in [5.74, 6) is 0.204. The molecule has 1 aromatic carbocycles. The molecule has 0 aliphatic carbocycles. The normalized spacial score (nSPS) is 20.4. The molecule has 0 spiro atoms. The highest BCUT2D eigenvalue weighted by Crippen LogP contribution is 2.13. The molecule has 21 heavy (non-hydrogen) atoms. The van der Waals surface area contributed by atoms with Crippen molar-refractivity contribution in [3.63, 3.8) is 0 Å². The van der Waals surface area contributed by atoms with E-state index in [1.54, 1.807) is 0 Å². The highest BCUT2D eigenvalue weighted by molar-refractivity contribution is 5.78. The number of nitrogens with zero attached hydrogens (tertiary/aromatic N) is 1. The first kappa shape index (κ1) is 16.0. The largest absolute Gasteiger partial charge is 0.352 e. The highest BCUT2D eigenvalue weighted by Gasteiger charge is 2.25.